The summed E-state index contributed by atoms with van der Waals surface area (Å²) in [5, 5.41) is 4.70. The standard InChI is InChI=1S/2C14H21P.C10H14ClP.2C5H10.2C5H9.3Fe.2Li/c2*1-12(2)15(14-10-6-7-11-14)13-8-4-3-5-9-13;1-10(2,3)12(11)9-7-5-4-6-8-9;4*1-2-4-5-3-1;;;;;/h2*3-5,8-9,12,14H,6-7,10-11H2,1-2H3;4-8H,1-3H3;2*1-5H2;2*1H,2-5H2;;;;;/q;;;;;2*-1;;;;2*+1. The first-order valence-electron chi connectivity index (χ1n) is 25.9. The third kappa shape index (κ3) is 33.5. The molecular weight excluding hydrogens is 1010 g/mol. The molecule has 0 N–H and O–H groups in total. The van der Waals surface area contributed by atoms with Crippen molar-refractivity contribution in [2.24, 2.45) is 0 Å². The molecule has 0 aromatic heterocycles. The maximum Gasteiger partial charge on any atom is 1.00 e. The van der Waals surface area contributed by atoms with Crippen molar-refractivity contribution in [2.45, 2.75) is 243 Å². The molecule has 374 valence electrons. The van der Waals surface area contributed by atoms with Crippen LogP contribution in [0.25, 0.3) is 0 Å². The summed E-state index contributed by atoms with van der Waals surface area (Å²) in [6.45, 7) is 16.1. The fourth-order valence-corrected chi connectivity index (χ4v) is 17.7. The molecular formula is C58H94ClFe3Li2P3. The van der Waals surface area contributed by atoms with Gasteiger partial charge in [0.2, 0.25) is 0 Å². The van der Waals surface area contributed by atoms with E-state index in [9.17, 15) is 0 Å². The molecule has 3 unspecified atom stereocenters. The topological polar surface area (TPSA) is 0 Å². The number of hydrogen-bond acceptors (Lipinski definition) is 0. The van der Waals surface area contributed by atoms with Crippen LogP contribution in [0.4, 0.5) is 0 Å². The van der Waals surface area contributed by atoms with E-state index in [4.69, 9.17) is 11.2 Å². The molecule has 0 nitrogen and oxygen atoms in total. The van der Waals surface area contributed by atoms with Gasteiger partial charge in [-0.15, -0.1) is 0 Å². The summed E-state index contributed by atoms with van der Waals surface area (Å²) in [6.07, 6.45) is 42.7. The molecule has 0 aliphatic heterocycles. The monoisotopic (exact) mass is 1100 g/mol. The number of halogens is 1. The summed E-state index contributed by atoms with van der Waals surface area (Å²) in [4.78, 5) is 0. The van der Waals surface area contributed by atoms with Gasteiger partial charge < -0.3 is 12.8 Å². The van der Waals surface area contributed by atoms with Crippen LogP contribution in [0.5, 0.6) is 0 Å². The molecule has 0 radical (unpaired) electrons. The van der Waals surface area contributed by atoms with Crippen LogP contribution in [0.1, 0.15) is 215 Å². The van der Waals surface area contributed by atoms with E-state index in [1.807, 2.05) is 18.2 Å². The first kappa shape index (κ1) is 73.2. The number of rotatable bonds is 7. The van der Waals surface area contributed by atoms with Gasteiger partial charge in [0.1, 0.15) is 0 Å². The van der Waals surface area contributed by atoms with Gasteiger partial charge >= 0.3 is 37.7 Å². The van der Waals surface area contributed by atoms with Crippen molar-refractivity contribution in [1.29, 1.82) is 0 Å². The van der Waals surface area contributed by atoms with Crippen molar-refractivity contribution in [3.8, 4) is 0 Å². The van der Waals surface area contributed by atoms with Gasteiger partial charge in [0.15, 0.2) is 0 Å². The zero-order chi connectivity index (χ0) is 44.7. The van der Waals surface area contributed by atoms with Crippen LogP contribution in [-0.2, 0) is 51.2 Å². The van der Waals surface area contributed by atoms with Gasteiger partial charge in [-0.2, -0.15) is 25.7 Å². The van der Waals surface area contributed by atoms with E-state index < -0.39 is 7.27 Å². The van der Waals surface area contributed by atoms with Crippen LogP contribution in [0, 0.1) is 12.8 Å². The van der Waals surface area contributed by atoms with Crippen molar-refractivity contribution in [3.05, 3.63) is 104 Å². The van der Waals surface area contributed by atoms with Gasteiger partial charge in [0.05, 0.1) is 0 Å². The zero-order valence-corrected chi connectivity index (χ0v) is 51.0. The van der Waals surface area contributed by atoms with Crippen LogP contribution in [0.15, 0.2) is 91.0 Å². The Labute approximate surface area is 481 Å². The summed E-state index contributed by atoms with van der Waals surface area (Å²) in [7, 11) is -0.376. The summed E-state index contributed by atoms with van der Waals surface area (Å²) in [6, 6.07) is 32.7. The van der Waals surface area contributed by atoms with E-state index in [0.717, 1.165) is 22.6 Å². The molecule has 0 heterocycles. The van der Waals surface area contributed by atoms with Crippen LogP contribution in [0.2, 0.25) is 0 Å². The van der Waals surface area contributed by atoms with E-state index >= 15 is 0 Å². The van der Waals surface area contributed by atoms with Crippen molar-refractivity contribution >= 4 is 50.3 Å². The van der Waals surface area contributed by atoms with Crippen molar-refractivity contribution < 1.29 is 88.9 Å². The predicted octanol–water partition coefficient (Wildman–Crippen LogP) is 13.5. The maximum absolute atomic E-state index is 6.35. The molecule has 0 spiro atoms. The maximum atomic E-state index is 6.35. The fourth-order valence-electron chi connectivity index (χ4n) is 9.58. The Morgan fingerprint density at radius 2 is 0.642 bits per heavy atom. The van der Waals surface area contributed by atoms with Gasteiger partial charge in [0.25, 0.3) is 0 Å². The average Bonchev–Trinajstić information content (AvgIpc) is 4.15. The quantitative estimate of drug-likeness (QED) is 0.126. The van der Waals surface area contributed by atoms with Crippen molar-refractivity contribution in [1.82, 2.24) is 0 Å². The predicted molar refractivity (Wildman–Crippen MR) is 291 cm³/mol. The SMILES string of the molecule is C1CCCC1.C1CCCC1.CC(C)(C)P(Cl)c1ccccc1.CC(C)P(c1ccccc1)C1CCCC1.CC(C)P(c1ccccc1)C1CCCC1.[CH-]1CCCC1.[CH-]1CCCC1.[Fe].[Fe].[Fe].[Li+].[Li+]. The third-order valence-corrected chi connectivity index (χ3v) is 23.5. The average molecular weight is 1100 g/mol. The smallest absolute Gasteiger partial charge is 0.328 e. The van der Waals surface area contributed by atoms with Crippen molar-refractivity contribution in [2.75, 3.05) is 0 Å². The molecule has 6 saturated carbocycles. The molecule has 0 saturated heterocycles. The molecule has 6 aliphatic rings. The van der Waals surface area contributed by atoms with Gasteiger partial charge in [0, 0.05) is 58.5 Å². The van der Waals surface area contributed by atoms with Crippen LogP contribution in [-0.4, -0.2) is 27.8 Å². The summed E-state index contributed by atoms with van der Waals surface area (Å²) < 4.78 is 0. The summed E-state index contributed by atoms with van der Waals surface area (Å²) in [5.41, 5.74) is 3.68. The first-order valence-corrected chi connectivity index (χ1v) is 31.1. The molecule has 6 fully saturated rings. The Morgan fingerprint density at radius 3 is 0.836 bits per heavy atom. The molecule has 9 rings (SSSR count). The molecule has 0 bridgehead atoms. The second kappa shape index (κ2) is 46.5. The fraction of sp³-hybridized carbons (Fsp3) is 0.655. The molecule has 0 amide bonds. The molecule has 67 heavy (non-hydrogen) atoms. The van der Waals surface area contributed by atoms with E-state index in [2.05, 4.69) is 134 Å². The van der Waals surface area contributed by atoms with Gasteiger partial charge in [-0.1, -0.05) is 282 Å². The normalized spacial score (nSPS) is 18.5. The molecule has 3 atom stereocenters. The van der Waals surface area contributed by atoms with Gasteiger partial charge in [-0.3, -0.25) is 0 Å². The molecule has 9 heteroatoms. The number of hydrogen-bond donors (Lipinski definition) is 0. The second-order valence-electron chi connectivity index (χ2n) is 20.0. The first-order chi connectivity index (χ1) is 30.1. The minimum Gasteiger partial charge on any atom is -0.328 e. The van der Waals surface area contributed by atoms with E-state index in [1.165, 1.54) is 172 Å². The zero-order valence-electron chi connectivity index (χ0n) is 44.3. The second-order valence-corrected chi connectivity index (χ2v) is 29.6. The minimum absolute atomic E-state index is 0. The van der Waals surface area contributed by atoms with Crippen LogP contribution >= 0.6 is 34.4 Å². The Hall–Kier alpha value is 1.99. The van der Waals surface area contributed by atoms with E-state index in [1.54, 1.807) is 10.6 Å². The van der Waals surface area contributed by atoms with Gasteiger partial charge in [-0.05, 0) is 69.4 Å². The Bertz CT molecular complexity index is 1310. The van der Waals surface area contributed by atoms with Crippen LogP contribution in [0.3, 0.4) is 0 Å². The molecule has 6 aliphatic carbocycles. The van der Waals surface area contributed by atoms with Crippen LogP contribution < -0.4 is 53.6 Å². The Kier molecular flexibility index (Phi) is 50.9. The molecule has 3 aromatic carbocycles. The Balaban J connectivity index is -0.000000740. The largest absolute Gasteiger partial charge is 1.00 e. The molecule has 3 aromatic rings. The minimum atomic E-state index is -0.544. The van der Waals surface area contributed by atoms with Gasteiger partial charge in [-0.25, -0.2) is 0 Å². The Morgan fingerprint density at radius 1 is 0.403 bits per heavy atom. The summed E-state index contributed by atoms with van der Waals surface area (Å²) >= 11 is 6.35. The summed E-state index contributed by atoms with van der Waals surface area (Å²) in [5.74, 6) is 0. The number of benzene rings is 3. The van der Waals surface area contributed by atoms with E-state index in [-0.39, 0.29) is 110 Å². The van der Waals surface area contributed by atoms with Crippen molar-refractivity contribution in [3.63, 3.8) is 0 Å². The van der Waals surface area contributed by atoms with E-state index in [0.29, 0.717) is 0 Å². The third-order valence-electron chi connectivity index (χ3n) is 12.9.